The maximum Gasteiger partial charge on any atom is 0.241 e. The number of hydrogen-bond donors (Lipinski definition) is 2. The van der Waals surface area contributed by atoms with Gasteiger partial charge in [-0.3, -0.25) is 9.69 Å². The number of carbonyl (C=O) groups excluding carboxylic acids is 1. The van der Waals surface area contributed by atoms with Gasteiger partial charge < -0.3 is 11.1 Å². The number of nitrogens with two attached hydrogens (primary N) is 1. The summed E-state index contributed by atoms with van der Waals surface area (Å²) in [4.78, 5) is 14.6. The summed E-state index contributed by atoms with van der Waals surface area (Å²) in [6, 6.07) is 7.86. The number of anilines is 2. The first-order chi connectivity index (χ1) is 9.13. The fraction of sp³-hybridized carbons (Fsp3) is 0.533. The minimum atomic E-state index is -0.105. The lowest BCUT2D eigenvalue weighted by molar-refractivity contribution is -0.121. The minimum absolute atomic E-state index is 0.0262. The Balaban J connectivity index is 2.00. The highest BCUT2D eigenvalue weighted by molar-refractivity contribution is 5.97. The van der Waals surface area contributed by atoms with Gasteiger partial charge in [0.05, 0.1) is 17.4 Å². The third-order valence-electron chi connectivity index (χ3n) is 3.59. The zero-order chi connectivity index (χ0) is 13.8. The molecule has 1 atom stereocenters. The molecule has 1 aromatic carbocycles. The van der Waals surface area contributed by atoms with Crippen LogP contribution in [-0.4, -0.2) is 29.4 Å². The van der Waals surface area contributed by atoms with Crippen LogP contribution in [0.4, 0.5) is 11.4 Å². The standard InChI is InChI=1S/C15H23N3O/c1-3-10-18(12-8-9-12)11(2)15(19)17-14-7-5-4-6-13(14)16/h4-7,11-12H,3,8-10,16H2,1-2H3,(H,17,19). The number of nitrogens with one attached hydrogen (secondary N) is 1. The highest BCUT2D eigenvalue weighted by Gasteiger charge is 2.34. The Kier molecular flexibility index (Phi) is 4.43. The van der Waals surface area contributed by atoms with Crippen LogP contribution in [0.2, 0.25) is 0 Å². The zero-order valence-corrected chi connectivity index (χ0v) is 11.7. The van der Waals surface area contributed by atoms with Crippen LogP contribution in [0.5, 0.6) is 0 Å². The molecule has 1 fully saturated rings. The van der Waals surface area contributed by atoms with E-state index in [1.54, 1.807) is 6.07 Å². The summed E-state index contributed by atoms with van der Waals surface area (Å²) in [5.74, 6) is 0.0262. The summed E-state index contributed by atoms with van der Waals surface area (Å²) >= 11 is 0. The van der Waals surface area contributed by atoms with E-state index in [0.29, 0.717) is 17.4 Å². The number of para-hydroxylation sites is 2. The van der Waals surface area contributed by atoms with Crippen molar-refractivity contribution in [3.05, 3.63) is 24.3 Å². The molecule has 3 N–H and O–H groups in total. The first kappa shape index (κ1) is 13.9. The van der Waals surface area contributed by atoms with Crippen LogP contribution in [0, 0.1) is 0 Å². The van der Waals surface area contributed by atoms with Crippen molar-refractivity contribution >= 4 is 17.3 Å². The molecule has 104 valence electrons. The highest BCUT2D eigenvalue weighted by Crippen LogP contribution is 2.29. The number of carbonyl (C=O) groups is 1. The van der Waals surface area contributed by atoms with Crippen LogP contribution in [0.3, 0.4) is 0 Å². The fourth-order valence-electron chi connectivity index (χ4n) is 2.36. The Labute approximate surface area is 115 Å². The molecule has 0 radical (unpaired) electrons. The maximum absolute atomic E-state index is 12.3. The first-order valence-corrected chi connectivity index (χ1v) is 7.04. The lowest BCUT2D eigenvalue weighted by atomic mass is 10.2. The molecule has 0 spiro atoms. The van der Waals surface area contributed by atoms with Crippen molar-refractivity contribution < 1.29 is 4.79 Å². The molecule has 19 heavy (non-hydrogen) atoms. The molecular formula is C15H23N3O. The van der Waals surface area contributed by atoms with Gasteiger partial charge in [0, 0.05) is 6.04 Å². The average Bonchev–Trinajstić information content (AvgIpc) is 3.22. The molecule has 4 nitrogen and oxygen atoms in total. The van der Waals surface area contributed by atoms with Crippen LogP contribution in [-0.2, 0) is 4.79 Å². The quantitative estimate of drug-likeness (QED) is 0.773. The number of nitrogen functional groups attached to an aromatic ring is 1. The zero-order valence-electron chi connectivity index (χ0n) is 11.7. The molecule has 1 aromatic rings. The van der Waals surface area contributed by atoms with Gasteiger partial charge in [0.2, 0.25) is 5.91 Å². The topological polar surface area (TPSA) is 58.4 Å². The third-order valence-corrected chi connectivity index (χ3v) is 3.59. The summed E-state index contributed by atoms with van der Waals surface area (Å²) < 4.78 is 0. The van der Waals surface area contributed by atoms with Gasteiger partial charge in [0.1, 0.15) is 0 Å². The van der Waals surface area contributed by atoms with Crippen LogP contribution in [0.15, 0.2) is 24.3 Å². The lowest BCUT2D eigenvalue weighted by Gasteiger charge is -2.27. The molecule has 0 aliphatic heterocycles. The Hall–Kier alpha value is -1.55. The van der Waals surface area contributed by atoms with Gasteiger partial charge in [-0.1, -0.05) is 19.1 Å². The Bertz CT molecular complexity index is 443. The van der Waals surface area contributed by atoms with E-state index in [1.165, 1.54) is 12.8 Å². The van der Waals surface area contributed by atoms with Crippen LogP contribution in [0.25, 0.3) is 0 Å². The molecule has 0 heterocycles. The van der Waals surface area contributed by atoms with Gasteiger partial charge in [-0.05, 0) is 44.9 Å². The van der Waals surface area contributed by atoms with Crippen molar-refractivity contribution in [3.8, 4) is 0 Å². The smallest absolute Gasteiger partial charge is 0.241 e. The van der Waals surface area contributed by atoms with Gasteiger partial charge in [-0.2, -0.15) is 0 Å². The van der Waals surface area contributed by atoms with Gasteiger partial charge in [-0.15, -0.1) is 0 Å². The number of benzene rings is 1. The predicted octanol–water partition coefficient (Wildman–Crippen LogP) is 2.47. The predicted molar refractivity (Wildman–Crippen MR) is 79.0 cm³/mol. The monoisotopic (exact) mass is 261 g/mol. The Morgan fingerprint density at radius 1 is 1.47 bits per heavy atom. The van der Waals surface area contributed by atoms with E-state index in [0.717, 1.165) is 13.0 Å². The van der Waals surface area contributed by atoms with Crippen LogP contribution < -0.4 is 11.1 Å². The van der Waals surface area contributed by atoms with Gasteiger partial charge in [0.15, 0.2) is 0 Å². The van der Waals surface area contributed by atoms with Crippen molar-refractivity contribution in [1.82, 2.24) is 4.90 Å². The van der Waals surface area contributed by atoms with E-state index >= 15 is 0 Å². The number of rotatable bonds is 6. The molecule has 0 bridgehead atoms. The SMILES string of the molecule is CCCN(C1CC1)C(C)C(=O)Nc1ccccc1N. The second kappa shape index (κ2) is 6.06. The summed E-state index contributed by atoms with van der Waals surface area (Å²) in [6.45, 7) is 5.10. The summed E-state index contributed by atoms with van der Waals surface area (Å²) in [7, 11) is 0. The molecule has 1 saturated carbocycles. The molecule has 1 aliphatic carbocycles. The molecule has 2 rings (SSSR count). The van der Waals surface area contributed by atoms with E-state index in [1.807, 2.05) is 25.1 Å². The van der Waals surface area contributed by atoms with E-state index in [2.05, 4.69) is 17.1 Å². The van der Waals surface area contributed by atoms with Gasteiger partial charge in [0.25, 0.3) is 0 Å². The van der Waals surface area contributed by atoms with Crippen molar-refractivity contribution in [2.24, 2.45) is 0 Å². The molecule has 4 heteroatoms. The van der Waals surface area contributed by atoms with E-state index in [-0.39, 0.29) is 11.9 Å². The number of nitrogens with zero attached hydrogens (tertiary/aromatic N) is 1. The molecule has 1 aliphatic rings. The normalized spacial score (nSPS) is 16.4. The molecule has 0 saturated heterocycles. The maximum atomic E-state index is 12.3. The number of amides is 1. The second-order valence-corrected chi connectivity index (χ2v) is 5.22. The molecular weight excluding hydrogens is 238 g/mol. The third kappa shape index (κ3) is 3.47. The van der Waals surface area contributed by atoms with E-state index < -0.39 is 0 Å². The van der Waals surface area contributed by atoms with E-state index in [9.17, 15) is 4.79 Å². The summed E-state index contributed by atoms with van der Waals surface area (Å²) in [5, 5.41) is 2.93. The largest absolute Gasteiger partial charge is 0.397 e. The average molecular weight is 261 g/mol. The lowest BCUT2D eigenvalue weighted by Crippen LogP contribution is -2.43. The highest BCUT2D eigenvalue weighted by atomic mass is 16.2. The van der Waals surface area contributed by atoms with E-state index in [4.69, 9.17) is 5.73 Å². The summed E-state index contributed by atoms with van der Waals surface area (Å²) in [5.41, 5.74) is 7.16. The van der Waals surface area contributed by atoms with Gasteiger partial charge >= 0.3 is 0 Å². The minimum Gasteiger partial charge on any atom is -0.397 e. The van der Waals surface area contributed by atoms with Gasteiger partial charge in [-0.25, -0.2) is 0 Å². The van der Waals surface area contributed by atoms with Crippen LogP contribution >= 0.6 is 0 Å². The second-order valence-electron chi connectivity index (χ2n) is 5.22. The fourth-order valence-corrected chi connectivity index (χ4v) is 2.36. The first-order valence-electron chi connectivity index (χ1n) is 7.04. The Morgan fingerprint density at radius 2 is 2.16 bits per heavy atom. The number of hydrogen-bond acceptors (Lipinski definition) is 3. The van der Waals surface area contributed by atoms with Crippen LogP contribution in [0.1, 0.15) is 33.1 Å². The molecule has 1 unspecified atom stereocenters. The van der Waals surface area contributed by atoms with Crippen molar-refractivity contribution in [3.63, 3.8) is 0 Å². The summed E-state index contributed by atoms with van der Waals surface area (Å²) in [6.07, 6.45) is 3.50. The molecule has 0 aromatic heterocycles. The van der Waals surface area contributed by atoms with Crippen molar-refractivity contribution in [1.29, 1.82) is 0 Å². The molecule has 1 amide bonds. The van der Waals surface area contributed by atoms with Crippen molar-refractivity contribution in [2.75, 3.05) is 17.6 Å². The Morgan fingerprint density at radius 3 is 2.74 bits per heavy atom. The van der Waals surface area contributed by atoms with Crippen molar-refractivity contribution in [2.45, 2.75) is 45.2 Å².